The molecule has 0 saturated heterocycles. The number of rotatable bonds is 1. The van der Waals surface area contributed by atoms with E-state index in [4.69, 9.17) is 11.6 Å². The molecule has 0 atom stereocenters. The van der Waals surface area contributed by atoms with Crippen molar-refractivity contribution < 1.29 is 5.11 Å². The highest BCUT2D eigenvalue weighted by molar-refractivity contribution is 6.30. The molecule has 78 valence electrons. The van der Waals surface area contributed by atoms with E-state index in [0.29, 0.717) is 5.02 Å². The molecule has 2 rings (SSSR count). The summed E-state index contributed by atoms with van der Waals surface area (Å²) < 4.78 is 1.50. The molecule has 15 heavy (non-hydrogen) atoms. The molecular weight excluding hydrogens is 212 g/mol. The van der Waals surface area contributed by atoms with Crippen LogP contribution in [0.3, 0.4) is 0 Å². The number of aryl methyl sites for hydroxylation is 1. The first kappa shape index (κ1) is 10.1. The average molecular weight is 223 g/mol. The summed E-state index contributed by atoms with van der Waals surface area (Å²) >= 11 is 5.78. The fraction of sp³-hybridized carbons (Fsp3) is 0.182. The van der Waals surface area contributed by atoms with Crippen molar-refractivity contribution in [1.29, 1.82) is 0 Å². The van der Waals surface area contributed by atoms with Gasteiger partial charge in [-0.25, -0.2) is 4.68 Å². The summed E-state index contributed by atoms with van der Waals surface area (Å²) in [6.07, 6.45) is 0. The van der Waals surface area contributed by atoms with E-state index in [-0.39, 0.29) is 5.88 Å². The molecule has 1 N–H and O–H groups in total. The van der Waals surface area contributed by atoms with E-state index in [0.717, 1.165) is 16.9 Å². The van der Waals surface area contributed by atoms with Crippen LogP contribution in [0.2, 0.25) is 5.02 Å². The SMILES string of the molecule is Cc1nn(-c2ccc(Cl)cc2)c(O)c1C. The van der Waals surface area contributed by atoms with Crippen LogP contribution in [-0.2, 0) is 0 Å². The maximum atomic E-state index is 9.81. The van der Waals surface area contributed by atoms with Crippen molar-refractivity contribution in [1.82, 2.24) is 9.78 Å². The van der Waals surface area contributed by atoms with Crippen LogP contribution >= 0.6 is 11.6 Å². The summed E-state index contributed by atoms with van der Waals surface area (Å²) in [6, 6.07) is 7.16. The van der Waals surface area contributed by atoms with Gasteiger partial charge in [0, 0.05) is 10.6 Å². The largest absolute Gasteiger partial charge is 0.493 e. The van der Waals surface area contributed by atoms with Crippen molar-refractivity contribution in [2.45, 2.75) is 13.8 Å². The van der Waals surface area contributed by atoms with Gasteiger partial charge in [0.25, 0.3) is 0 Å². The van der Waals surface area contributed by atoms with E-state index in [9.17, 15) is 5.11 Å². The molecule has 0 amide bonds. The lowest BCUT2D eigenvalue weighted by Crippen LogP contribution is -1.95. The first-order valence-corrected chi connectivity index (χ1v) is 4.98. The Labute approximate surface area is 92.9 Å². The Morgan fingerprint density at radius 1 is 1.20 bits per heavy atom. The van der Waals surface area contributed by atoms with Crippen molar-refractivity contribution in [3.8, 4) is 11.6 Å². The highest BCUT2D eigenvalue weighted by atomic mass is 35.5. The molecule has 0 aliphatic carbocycles. The summed E-state index contributed by atoms with van der Waals surface area (Å²) in [5, 5.41) is 14.7. The number of aromatic nitrogens is 2. The third kappa shape index (κ3) is 1.70. The molecule has 1 aromatic heterocycles. The second-order valence-electron chi connectivity index (χ2n) is 3.42. The molecule has 0 bridgehead atoms. The highest BCUT2D eigenvalue weighted by Crippen LogP contribution is 2.23. The van der Waals surface area contributed by atoms with Crippen molar-refractivity contribution in [3.63, 3.8) is 0 Å². The van der Waals surface area contributed by atoms with Gasteiger partial charge in [0.15, 0.2) is 0 Å². The molecule has 1 aromatic carbocycles. The second-order valence-corrected chi connectivity index (χ2v) is 3.86. The van der Waals surface area contributed by atoms with Crippen LogP contribution in [0.4, 0.5) is 0 Å². The third-order valence-corrected chi connectivity index (χ3v) is 2.65. The van der Waals surface area contributed by atoms with Crippen molar-refractivity contribution >= 4 is 11.6 Å². The van der Waals surface area contributed by atoms with Gasteiger partial charge in [0.2, 0.25) is 5.88 Å². The second kappa shape index (κ2) is 3.59. The summed E-state index contributed by atoms with van der Waals surface area (Å²) in [4.78, 5) is 0. The zero-order valence-electron chi connectivity index (χ0n) is 8.53. The van der Waals surface area contributed by atoms with Gasteiger partial charge in [-0.1, -0.05) is 11.6 Å². The molecule has 2 aromatic rings. The Kier molecular flexibility index (Phi) is 2.40. The number of benzene rings is 1. The first-order chi connectivity index (χ1) is 7.09. The molecule has 0 aliphatic rings. The Morgan fingerprint density at radius 3 is 2.27 bits per heavy atom. The van der Waals surface area contributed by atoms with Gasteiger partial charge in [-0.2, -0.15) is 5.10 Å². The summed E-state index contributed by atoms with van der Waals surface area (Å²) in [7, 11) is 0. The number of hydrogen-bond donors (Lipinski definition) is 1. The minimum Gasteiger partial charge on any atom is -0.493 e. The van der Waals surface area contributed by atoms with Gasteiger partial charge in [0.05, 0.1) is 11.4 Å². The fourth-order valence-electron chi connectivity index (χ4n) is 1.36. The van der Waals surface area contributed by atoms with Crippen LogP contribution in [0.1, 0.15) is 11.3 Å². The Hall–Kier alpha value is -1.48. The van der Waals surface area contributed by atoms with Gasteiger partial charge in [-0.15, -0.1) is 0 Å². The molecule has 1 heterocycles. The van der Waals surface area contributed by atoms with Crippen molar-refractivity contribution in [3.05, 3.63) is 40.5 Å². The Bertz CT molecular complexity index is 488. The quantitative estimate of drug-likeness (QED) is 0.806. The standard InChI is InChI=1S/C11H11ClN2O/c1-7-8(2)13-14(11(7)15)10-5-3-9(12)4-6-10/h3-6,15H,1-2H3. The Morgan fingerprint density at radius 2 is 1.80 bits per heavy atom. The van der Waals surface area contributed by atoms with E-state index in [1.54, 1.807) is 12.1 Å². The minimum absolute atomic E-state index is 0.176. The molecular formula is C11H11ClN2O. The monoisotopic (exact) mass is 222 g/mol. The number of halogens is 1. The summed E-state index contributed by atoms with van der Waals surface area (Å²) in [6.45, 7) is 3.70. The molecule has 0 fully saturated rings. The van der Waals surface area contributed by atoms with E-state index in [1.807, 2.05) is 26.0 Å². The summed E-state index contributed by atoms with van der Waals surface area (Å²) in [5.41, 5.74) is 2.42. The lowest BCUT2D eigenvalue weighted by atomic mass is 10.3. The minimum atomic E-state index is 0.176. The predicted molar refractivity (Wildman–Crippen MR) is 59.7 cm³/mol. The molecule has 0 unspecified atom stereocenters. The van der Waals surface area contributed by atoms with Crippen LogP contribution in [-0.4, -0.2) is 14.9 Å². The molecule has 0 saturated carbocycles. The molecule has 0 aliphatic heterocycles. The average Bonchev–Trinajstić information content (AvgIpc) is 2.47. The number of nitrogens with zero attached hydrogens (tertiary/aromatic N) is 2. The maximum Gasteiger partial charge on any atom is 0.217 e. The van der Waals surface area contributed by atoms with E-state index in [2.05, 4.69) is 5.10 Å². The topological polar surface area (TPSA) is 38.0 Å². The molecule has 0 radical (unpaired) electrons. The maximum absolute atomic E-state index is 9.81. The van der Waals surface area contributed by atoms with Gasteiger partial charge in [0.1, 0.15) is 0 Å². The van der Waals surface area contributed by atoms with E-state index < -0.39 is 0 Å². The van der Waals surface area contributed by atoms with E-state index >= 15 is 0 Å². The Balaban J connectivity index is 2.54. The molecule has 0 spiro atoms. The highest BCUT2D eigenvalue weighted by Gasteiger charge is 2.10. The molecule has 4 heteroatoms. The lowest BCUT2D eigenvalue weighted by Gasteiger charge is -2.02. The zero-order chi connectivity index (χ0) is 11.0. The lowest BCUT2D eigenvalue weighted by molar-refractivity contribution is 0.430. The van der Waals surface area contributed by atoms with Crippen LogP contribution in [0.5, 0.6) is 5.88 Å². The summed E-state index contributed by atoms with van der Waals surface area (Å²) in [5.74, 6) is 0.176. The van der Waals surface area contributed by atoms with Crippen LogP contribution in [0.15, 0.2) is 24.3 Å². The third-order valence-electron chi connectivity index (χ3n) is 2.40. The van der Waals surface area contributed by atoms with Crippen LogP contribution in [0.25, 0.3) is 5.69 Å². The van der Waals surface area contributed by atoms with E-state index in [1.165, 1.54) is 4.68 Å². The fourth-order valence-corrected chi connectivity index (χ4v) is 1.48. The van der Waals surface area contributed by atoms with Gasteiger partial charge >= 0.3 is 0 Å². The zero-order valence-corrected chi connectivity index (χ0v) is 9.28. The normalized spacial score (nSPS) is 10.6. The number of aromatic hydroxyl groups is 1. The van der Waals surface area contributed by atoms with Crippen LogP contribution in [0, 0.1) is 13.8 Å². The van der Waals surface area contributed by atoms with Gasteiger partial charge < -0.3 is 5.11 Å². The molecule has 3 nitrogen and oxygen atoms in total. The van der Waals surface area contributed by atoms with Crippen molar-refractivity contribution in [2.75, 3.05) is 0 Å². The van der Waals surface area contributed by atoms with Gasteiger partial charge in [-0.3, -0.25) is 0 Å². The van der Waals surface area contributed by atoms with Gasteiger partial charge in [-0.05, 0) is 38.1 Å². The predicted octanol–water partition coefficient (Wildman–Crippen LogP) is 2.85. The smallest absolute Gasteiger partial charge is 0.217 e. The first-order valence-electron chi connectivity index (χ1n) is 4.60. The van der Waals surface area contributed by atoms with Crippen molar-refractivity contribution in [2.24, 2.45) is 0 Å². The number of hydrogen-bond acceptors (Lipinski definition) is 2. The van der Waals surface area contributed by atoms with Crippen LogP contribution < -0.4 is 0 Å².